The van der Waals surface area contributed by atoms with E-state index in [1.54, 1.807) is 27.7 Å². The normalized spacial score (nSPS) is 13.7. The average molecular weight is 452 g/mol. The van der Waals surface area contributed by atoms with Crippen molar-refractivity contribution in [2.75, 3.05) is 6.61 Å². The van der Waals surface area contributed by atoms with E-state index in [1.807, 2.05) is 32.9 Å². The first-order valence-corrected chi connectivity index (χ1v) is 11.4. The van der Waals surface area contributed by atoms with Crippen LogP contribution in [-0.2, 0) is 20.9 Å². The number of esters is 1. The van der Waals surface area contributed by atoms with Crippen molar-refractivity contribution in [1.29, 1.82) is 0 Å². The monoisotopic (exact) mass is 451 g/mol. The molecule has 31 heavy (non-hydrogen) atoms. The zero-order valence-corrected chi connectivity index (χ0v) is 20.0. The smallest absolute Gasteiger partial charge is 0.307 e. The van der Waals surface area contributed by atoms with Gasteiger partial charge < -0.3 is 9.29 Å². The van der Waals surface area contributed by atoms with Crippen molar-refractivity contribution in [2.45, 2.75) is 65.7 Å². The number of hydrogen-bond donors (Lipinski definition) is 1. The van der Waals surface area contributed by atoms with Crippen LogP contribution in [0.15, 0.2) is 24.3 Å². The lowest BCUT2D eigenvalue weighted by Crippen LogP contribution is -2.42. The fourth-order valence-electron chi connectivity index (χ4n) is 3.55. The van der Waals surface area contributed by atoms with E-state index >= 15 is 0 Å². The van der Waals surface area contributed by atoms with Gasteiger partial charge in [0.05, 0.1) is 19.1 Å². The van der Waals surface area contributed by atoms with Crippen LogP contribution in [0.25, 0.3) is 11.1 Å². The number of hydrogen-bond acceptors (Lipinski definition) is 4. The number of benzene rings is 2. The molecule has 0 heterocycles. The first-order valence-electron chi connectivity index (χ1n) is 10.3. The van der Waals surface area contributed by atoms with E-state index in [9.17, 15) is 18.1 Å². The third-order valence-electron chi connectivity index (χ3n) is 4.88. The molecule has 0 spiro atoms. The standard InChI is InChI=1S/C24H31F2NO3S/c1-8-30-21(28)13-20(27-31(29)24(5,6)7)18-11-17(12-19(25)23(18)26)22-15(3)9-14(2)10-16(22)4/h9-12,20,27H,8,13H2,1-7H3/t20-,31?/m0/s1. The highest BCUT2D eigenvalue weighted by Crippen LogP contribution is 2.34. The van der Waals surface area contributed by atoms with E-state index in [0.717, 1.165) is 28.3 Å². The van der Waals surface area contributed by atoms with Gasteiger partial charge in [-0.05, 0) is 82.9 Å². The molecule has 1 N–H and O–H groups in total. The van der Waals surface area contributed by atoms with Gasteiger partial charge in [0, 0.05) is 16.9 Å². The van der Waals surface area contributed by atoms with Crippen molar-refractivity contribution in [3.8, 4) is 11.1 Å². The van der Waals surface area contributed by atoms with Gasteiger partial charge >= 0.3 is 5.97 Å². The first kappa shape index (κ1) is 25.3. The van der Waals surface area contributed by atoms with E-state index in [4.69, 9.17) is 4.74 Å². The van der Waals surface area contributed by atoms with E-state index < -0.39 is 39.8 Å². The Morgan fingerprint density at radius 2 is 1.71 bits per heavy atom. The summed E-state index contributed by atoms with van der Waals surface area (Å²) < 4.78 is 49.5. The lowest BCUT2D eigenvalue weighted by Gasteiger charge is -2.28. The Morgan fingerprint density at radius 3 is 2.23 bits per heavy atom. The van der Waals surface area contributed by atoms with E-state index in [-0.39, 0.29) is 18.6 Å². The molecule has 0 aliphatic rings. The van der Waals surface area contributed by atoms with Gasteiger partial charge in [-0.1, -0.05) is 17.7 Å². The lowest BCUT2D eigenvalue weighted by atomic mass is 9.91. The Hall–Kier alpha value is -1.96. The number of carbonyl (C=O) groups is 1. The van der Waals surface area contributed by atoms with Crippen molar-refractivity contribution < 1.29 is 22.9 Å². The molecule has 2 rings (SSSR count). The second-order valence-electron chi connectivity index (χ2n) is 8.70. The molecular weight excluding hydrogens is 420 g/mol. The second kappa shape index (κ2) is 10.1. The summed E-state index contributed by atoms with van der Waals surface area (Å²) in [6.07, 6.45) is -0.276. The first-order chi connectivity index (χ1) is 14.3. The maximum absolute atomic E-state index is 14.9. The van der Waals surface area contributed by atoms with Gasteiger partial charge in [-0.25, -0.2) is 8.78 Å². The number of nitrogens with one attached hydrogen (secondary N) is 1. The second-order valence-corrected chi connectivity index (χ2v) is 10.7. The molecule has 0 saturated carbocycles. The van der Waals surface area contributed by atoms with Crippen LogP contribution in [0, 0.1) is 32.4 Å². The van der Waals surface area contributed by atoms with Crippen LogP contribution in [0.5, 0.6) is 0 Å². The Labute approximate surface area is 186 Å². The molecule has 170 valence electrons. The molecule has 2 aromatic carbocycles. The van der Waals surface area contributed by atoms with Gasteiger partial charge in [0.25, 0.3) is 0 Å². The Balaban J connectivity index is 2.61. The minimum Gasteiger partial charge on any atom is -0.598 e. The molecule has 1 unspecified atom stereocenters. The zero-order valence-electron chi connectivity index (χ0n) is 19.2. The molecule has 2 aromatic rings. The Bertz CT molecular complexity index is 934. The highest BCUT2D eigenvalue weighted by atomic mass is 32.2. The summed E-state index contributed by atoms with van der Waals surface area (Å²) in [6.45, 7) is 12.9. The Morgan fingerprint density at radius 1 is 1.13 bits per heavy atom. The molecule has 0 saturated heterocycles. The van der Waals surface area contributed by atoms with Gasteiger partial charge in [-0.3, -0.25) is 4.79 Å². The quantitative estimate of drug-likeness (QED) is 0.439. The van der Waals surface area contributed by atoms with Gasteiger partial charge in [0.1, 0.15) is 4.75 Å². The third-order valence-corrected chi connectivity index (χ3v) is 6.49. The third kappa shape index (κ3) is 6.28. The molecule has 0 radical (unpaired) electrons. The van der Waals surface area contributed by atoms with Gasteiger partial charge in [-0.15, -0.1) is 4.72 Å². The molecule has 2 atom stereocenters. The van der Waals surface area contributed by atoms with Crippen LogP contribution in [0.3, 0.4) is 0 Å². The summed E-state index contributed by atoms with van der Waals surface area (Å²) in [5.74, 6) is -2.68. The topological polar surface area (TPSA) is 61.4 Å². The minimum absolute atomic E-state index is 0.0555. The molecule has 0 aromatic heterocycles. The van der Waals surface area contributed by atoms with Crippen LogP contribution in [0.1, 0.15) is 62.4 Å². The van der Waals surface area contributed by atoms with Gasteiger partial charge in [-0.2, -0.15) is 0 Å². The predicted molar refractivity (Wildman–Crippen MR) is 121 cm³/mol. The van der Waals surface area contributed by atoms with Crippen LogP contribution in [0.4, 0.5) is 8.78 Å². The SMILES string of the molecule is CCOC(=O)C[C@H](N[S+]([O-])C(C)(C)C)c1cc(-c2c(C)cc(C)cc2C)cc(F)c1F. The molecule has 0 amide bonds. The summed E-state index contributed by atoms with van der Waals surface area (Å²) in [4.78, 5) is 12.2. The van der Waals surface area contributed by atoms with Crippen molar-refractivity contribution in [3.63, 3.8) is 0 Å². The molecule has 0 aliphatic heterocycles. The van der Waals surface area contributed by atoms with Gasteiger partial charge in [0.2, 0.25) is 0 Å². The van der Waals surface area contributed by atoms with Crippen molar-refractivity contribution in [2.24, 2.45) is 0 Å². The maximum atomic E-state index is 14.9. The van der Waals surface area contributed by atoms with Crippen LogP contribution in [-0.4, -0.2) is 21.9 Å². The van der Waals surface area contributed by atoms with Crippen molar-refractivity contribution >= 4 is 17.3 Å². The number of carbonyl (C=O) groups excluding carboxylic acids is 1. The summed E-state index contributed by atoms with van der Waals surface area (Å²) in [6, 6.07) is 5.63. The number of halogens is 2. The van der Waals surface area contributed by atoms with Crippen LogP contribution < -0.4 is 4.72 Å². The van der Waals surface area contributed by atoms with Gasteiger partial charge in [0.15, 0.2) is 11.6 Å². The van der Waals surface area contributed by atoms with Crippen LogP contribution >= 0.6 is 0 Å². The zero-order chi connectivity index (χ0) is 23.5. The predicted octanol–water partition coefficient (Wildman–Crippen LogP) is 5.60. The van der Waals surface area contributed by atoms with Crippen molar-refractivity contribution in [1.82, 2.24) is 4.72 Å². The van der Waals surface area contributed by atoms with E-state index in [0.29, 0.717) is 5.56 Å². The summed E-state index contributed by atoms with van der Waals surface area (Å²) in [7, 11) is 0. The highest BCUT2D eigenvalue weighted by molar-refractivity contribution is 7.90. The molecule has 0 bridgehead atoms. The molecule has 0 aliphatic carbocycles. The van der Waals surface area contributed by atoms with Crippen molar-refractivity contribution in [3.05, 3.63) is 58.2 Å². The van der Waals surface area contributed by atoms with E-state index in [1.165, 1.54) is 6.07 Å². The molecule has 0 fully saturated rings. The Kier molecular flexibility index (Phi) is 8.25. The maximum Gasteiger partial charge on any atom is 0.307 e. The number of aryl methyl sites for hydroxylation is 3. The number of rotatable bonds is 7. The molecular formula is C24H31F2NO3S. The molecule has 7 heteroatoms. The van der Waals surface area contributed by atoms with Crippen LogP contribution in [0.2, 0.25) is 0 Å². The lowest BCUT2D eigenvalue weighted by molar-refractivity contribution is -0.143. The van der Waals surface area contributed by atoms with E-state index in [2.05, 4.69) is 4.72 Å². The number of ether oxygens (including phenoxy) is 1. The summed E-state index contributed by atoms with van der Waals surface area (Å²) in [5, 5.41) is 0. The summed E-state index contributed by atoms with van der Waals surface area (Å²) in [5.41, 5.74) is 4.19. The fraction of sp³-hybridized carbons (Fsp3) is 0.458. The fourth-order valence-corrected chi connectivity index (χ4v) is 4.37. The average Bonchev–Trinajstić information content (AvgIpc) is 2.62. The highest BCUT2D eigenvalue weighted by Gasteiger charge is 2.33. The minimum atomic E-state index is -1.61. The summed E-state index contributed by atoms with van der Waals surface area (Å²) >= 11 is -1.61. The molecule has 4 nitrogen and oxygen atoms in total. The largest absolute Gasteiger partial charge is 0.598 e.